The number of hydrogen-bond donors (Lipinski definition) is 6. The number of rotatable bonds is 3. The predicted molar refractivity (Wildman–Crippen MR) is 76.2 cm³/mol. The van der Waals surface area contributed by atoms with E-state index in [1.165, 1.54) is 19.3 Å². The Morgan fingerprint density at radius 3 is 1.17 bits per heavy atom. The Morgan fingerprint density at radius 1 is 0.889 bits per heavy atom. The van der Waals surface area contributed by atoms with Crippen LogP contribution < -0.4 is 0 Å². The molecule has 0 aliphatic carbocycles. The summed E-state index contributed by atoms with van der Waals surface area (Å²) < 4.78 is 0. The van der Waals surface area contributed by atoms with Gasteiger partial charge in [-0.05, 0) is 29.5 Å². The first-order chi connectivity index (χ1) is 7.27. The molecule has 0 fully saturated rings. The summed E-state index contributed by atoms with van der Waals surface area (Å²) in [5, 5.41) is 0. The average Bonchev–Trinajstić information content (AvgIpc) is 1.93. The van der Waals surface area contributed by atoms with Gasteiger partial charge in [0.05, 0.1) is 0 Å². The Labute approximate surface area is 129 Å². The summed E-state index contributed by atoms with van der Waals surface area (Å²) in [5.41, 5.74) is 0. The number of unbranched alkanes of at least 4 members (excludes halogenated alkanes) is 1. The van der Waals surface area contributed by atoms with Gasteiger partial charge in [-0.2, -0.15) is 0 Å². The fourth-order valence-electron chi connectivity index (χ4n) is 0.612. The van der Waals surface area contributed by atoms with Crippen LogP contribution in [-0.4, -0.2) is 29.4 Å². The zero-order chi connectivity index (χ0) is 14.7. The molecule has 0 saturated heterocycles. The Hall–Kier alpha value is 1.58. The molecule has 11 heteroatoms. The van der Waals surface area contributed by atoms with E-state index < -0.39 is 13.4 Å². The van der Waals surface area contributed by atoms with Crippen LogP contribution in [0.4, 0.5) is 0 Å². The van der Waals surface area contributed by atoms with E-state index in [4.69, 9.17) is 29.4 Å². The molecule has 0 bridgehead atoms. The average molecular weight is 392 g/mol. The van der Waals surface area contributed by atoms with Crippen LogP contribution in [0.1, 0.15) is 40.0 Å². The van der Waals surface area contributed by atoms with E-state index in [2.05, 4.69) is 44.4 Å². The molecule has 0 rings (SSSR count). The summed E-state index contributed by atoms with van der Waals surface area (Å²) in [5.74, 6) is 0.903. The Balaban J connectivity index is -0.0000000813. The van der Waals surface area contributed by atoms with Crippen LogP contribution in [0.5, 0.6) is 0 Å². The Morgan fingerprint density at radius 2 is 1.11 bits per heavy atom. The molecule has 0 saturated carbocycles. The molecule has 0 heterocycles. The molecule has 0 aromatic heterocycles. The Bertz CT molecular complexity index is 218. The molecule has 0 unspecified atom stereocenters. The van der Waals surface area contributed by atoms with E-state index in [1.807, 2.05) is 0 Å². The monoisotopic (exact) mass is 391 g/mol. The Kier molecular flexibility index (Phi) is 23.2. The van der Waals surface area contributed by atoms with Crippen molar-refractivity contribution in [3.05, 3.63) is 0 Å². The zero-order valence-corrected chi connectivity index (χ0v) is 14.8. The van der Waals surface area contributed by atoms with Gasteiger partial charge in [0.15, 0.2) is 0 Å². The standard InChI is InChI=1S/C7H16.Cu.2H3O3PS/c1-4-5-6-7(2)3;;2*1-4(2,3)5/h7H,4-6H2,1-3H3;;2*(H3,1,2,3,5). The second-order valence-corrected chi connectivity index (χ2v) is 8.56. The van der Waals surface area contributed by atoms with Gasteiger partial charge < -0.3 is 29.4 Å². The summed E-state index contributed by atoms with van der Waals surface area (Å²) in [6.45, 7) is -0.826. The molecule has 0 aliphatic heterocycles. The third kappa shape index (κ3) is 155. The van der Waals surface area contributed by atoms with Gasteiger partial charge in [0.2, 0.25) is 0 Å². The van der Waals surface area contributed by atoms with Crippen LogP contribution in [0.3, 0.4) is 0 Å². The van der Waals surface area contributed by atoms with E-state index >= 15 is 0 Å². The van der Waals surface area contributed by atoms with E-state index in [1.54, 1.807) is 0 Å². The van der Waals surface area contributed by atoms with Crippen molar-refractivity contribution in [2.24, 2.45) is 5.92 Å². The molecule has 119 valence electrons. The SMILES string of the molecule is CCCCC(C)C.OP(O)(O)=S.OP(O)(O)=S.[Cu]. The van der Waals surface area contributed by atoms with Crippen molar-refractivity contribution in [2.45, 2.75) is 40.0 Å². The molecule has 0 atom stereocenters. The topological polar surface area (TPSA) is 121 Å². The minimum atomic E-state index is -3.81. The zero-order valence-electron chi connectivity index (χ0n) is 10.4. The molecular formula is C7H22CuO6P2S2. The van der Waals surface area contributed by atoms with Crippen molar-refractivity contribution in [3.63, 3.8) is 0 Å². The van der Waals surface area contributed by atoms with Crippen LogP contribution >= 0.6 is 13.4 Å². The first kappa shape index (κ1) is 27.8. The third-order valence-corrected chi connectivity index (χ3v) is 1.14. The van der Waals surface area contributed by atoms with Gasteiger partial charge in [0.25, 0.3) is 0 Å². The molecule has 0 aliphatic rings. The maximum atomic E-state index is 7.56. The van der Waals surface area contributed by atoms with Crippen molar-refractivity contribution in [1.82, 2.24) is 0 Å². The van der Waals surface area contributed by atoms with Crippen LogP contribution in [0.2, 0.25) is 0 Å². The van der Waals surface area contributed by atoms with Gasteiger partial charge in [-0.25, -0.2) is 0 Å². The molecule has 0 aromatic carbocycles. The van der Waals surface area contributed by atoms with Gasteiger partial charge in [0.1, 0.15) is 0 Å². The van der Waals surface area contributed by atoms with Gasteiger partial charge in [-0.15, -0.1) is 0 Å². The van der Waals surface area contributed by atoms with Crippen LogP contribution in [-0.2, 0) is 40.7 Å². The van der Waals surface area contributed by atoms with Gasteiger partial charge in [0, 0.05) is 17.1 Å². The maximum absolute atomic E-state index is 7.56. The molecule has 18 heavy (non-hydrogen) atoms. The minimum absolute atomic E-state index is 0. The van der Waals surface area contributed by atoms with E-state index in [9.17, 15) is 0 Å². The van der Waals surface area contributed by atoms with Crippen molar-refractivity contribution >= 4 is 37.1 Å². The number of hydrogen-bond acceptors (Lipinski definition) is 2. The summed E-state index contributed by atoms with van der Waals surface area (Å²) in [6.07, 6.45) is 4.15. The fraction of sp³-hybridized carbons (Fsp3) is 1.00. The molecule has 6 nitrogen and oxygen atoms in total. The van der Waals surface area contributed by atoms with Gasteiger partial charge >= 0.3 is 13.4 Å². The van der Waals surface area contributed by atoms with Gasteiger partial charge in [-0.3, -0.25) is 0 Å². The maximum Gasteiger partial charge on any atom is 0.319 e. The summed E-state index contributed by atoms with van der Waals surface area (Å²) >= 11 is 7.21. The van der Waals surface area contributed by atoms with Crippen molar-refractivity contribution < 1.29 is 46.4 Å². The quantitative estimate of drug-likeness (QED) is 0.313. The second kappa shape index (κ2) is 15.0. The molecule has 6 N–H and O–H groups in total. The summed E-state index contributed by atoms with van der Waals surface area (Å²) in [7, 11) is 0. The molecule has 1 radical (unpaired) electrons. The van der Waals surface area contributed by atoms with Crippen molar-refractivity contribution in [2.75, 3.05) is 0 Å². The van der Waals surface area contributed by atoms with Gasteiger partial charge in [-0.1, -0.05) is 40.0 Å². The molecule has 0 amide bonds. The summed E-state index contributed by atoms with van der Waals surface area (Å²) in [6, 6.07) is 0. The minimum Gasteiger partial charge on any atom is -0.325 e. The van der Waals surface area contributed by atoms with Crippen LogP contribution in [0, 0.1) is 5.92 Å². The van der Waals surface area contributed by atoms with E-state index in [0.717, 1.165) is 5.92 Å². The van der Waals surface area contributed by atoms with E-state index in [0.29, 0.717) is 0 Å². The predicted octanol–water partition coefficient (Wildman–Crippen LogP) is 1.21. The second-order valence-electron chi connectivity index (χ2n) is 3.56. The molecule has 0 spiro atoms. The van der Waals surface area contributed by atoms with Crippen molar-refractivity contribution in [1.29, 1.82) is 0 Å². The third-order valence-electron chi connectivity index (χ3n) is 1.14. The largest absolute Gasteiger partial charge is 0.325 e. The van der Waals surface area contributed by atoms with E-state index in [-0.39, 0.29) is 17.1 Å². The molecule has 0 aromatic rings. The summed E-state index contributed by atoms with van der Waals surface area (Å²) in [4.78, 5) is 45.3. The first-order valence-electron chi connectivity index (χ1n) is 4.84. The first-order valence-corrected chi connectivity index (χ1v) is 10.2. The molecular weight excluding hydrogens is 370 g/mol. The fourth-order valence-corrected chi connectivity index (χ4v) is 0.612. The smallest absolute Gasteiger partial charge is 0.319 e. The van der Waals surface area contributed by atoms with Crippen molar-refractivity contribution in [3.8, 4) is 0 Å². The normalized spacial score (nSPS) is 10.6. The van der Waals surface area contributed by atoms with Crippen LogP contribution in [0.25, 0.3) is 0 Å². The van der Waals surface area contributed by atoms with Crippen LogP contribution in [0.15, 0.2) is 0 Å².